The van der Waals surface area contributed by atoms with Gasteiger partial charge in [-0.25, -0.2) is 4.68 Å². The molecule has 0 radical (unpaired) electrons. The molecule has 1 N–H and O–H groups in total. The molecular weight excluding hydrogens is 330 g/mol. The molecule has 2 rings (SSSR count). The zero-order chi connectivity index (χ0) is 15.4. The van der Waals surface area contributed by atoms with Crippen LogP contribution in [0.5, 0.6) is 0 Å². The van der Waals surface area contributed by atoms with Gasteiger partial charge in [-0.15, -0.1) is 0 Å². The van der Waals surface area contributed by atoms with E-state index in [9.17, 15) is 4.79 Å². The third kappa shape index (κ3) is 3.73. The SMILES string of the molecule is CCc1ccc(CNc2cnn(C(C)C)c(=O)c2Br)cc1. The summed E-state index contributed by atoms with van der Waals surface area (Å²) < 4.78 is 1.99. The molecule has 0 unspecified atom stereocenters. The van der Waals surface area contributed by atoms with E-state index in [0.29, 0.717) is 11.0 Å². The van der Waals surface area contributed by atoms with Gasteiger partial charge in [-0.05, 0) is 47.3 Å². The second-order valence-electron chi connectivity index (χ2n) is 5.24. The number of nitrogens with zero attached hydrogens (tertiary/aromatic N) is 2. The van der Waals surface area contributed by atoms with Gasteiger partial charge < -0.3 is 5.32 Å². The highest BCUT2D eigenvalue weighted by molar-refractivity contribution is 9.10. The average Bonchev–Trinajstić information content (AvgIpc) is 2.49. The highest BCUT2D eigenvalue weighted by Gasteiger charge is 2.10. The molecule has 0 atom stereocenters. The van der Waals surface area contributed by atoms with Crippen LogP contribution in [0.2, 0.25) is 0 Å². The van der Waals surface area contributed by atoms with Crippen molar-refractivity contribution in [2.75, 3.05) is 5.32 Å². The van der Waals surface area contributed by atoms with Gasteiger partial charge in [0.25, 0.3) is 5.56 Å². The molecule has 1 heterocycles. The summed E-state index contributed by atoms with van der Waals surface area (Å²) in [7, 11) is 0. The zero-order valence-electron chi connectivity index (χ0n) is 12.6. The lowest BCUT2D eigenvalue weighted by Gasteiger charge is -2.12. The standard InChI is InChI=1S/C16H20BrN3O/c1-4-12-5-7-13(8-6-12)9-18-14-10-19-20(11(2)3)16(21)15(14)17/h5-8,10-11,18H,4,9H2,1-3H3. The van der Waals surface area contributed by atoms with E-state index in [2.05, 4.69) is 57.5 Å². The Hall–Kier alpha value is -1.62. The molecule has 1 aromatic carbocycles. The van der Waals surface area contributed by atoms with Crippen LogP contribution in [0.3, 0.4) is 0 Å². The summed E-state index contributed by atoms with van der Waals surface area (Å²) in [5, 5.41) is 7.44. The average molecular weight is 350 g/mol. The van der Waals surface area contributed by atoms with E-state index < -0.39 is 0 Å². The van der Waals surface area contributed by atoms with Crippen molar-refractivity contribution in [2.45, 2.75) is 39.8 Å². The van der Waals surface area contributed by atoms with Crippen LogP contribution in [0, 0.1) is 0 Å². The van der Waals surface area contributed by atoms with E-state index >= 15 is 0 Å². The quantitative estimate of drug-likeness (QED) is 0.893. The molecule has 0 bridgehead atoms. The first kappa shape index (κ1) is 15.8. The van der Waals surface area contributed by atoms with Crippen molar-refractivity contribution < 1.29 is 0 Å². The molecule has 112 valence electrons. The maximum Gasteiger partial charge on any atom is 0.283 e. The van der Waals surface area contributed by atoms with Gasteiger partial charge in [-0.3, -0.25) is 4.79 Å². The highest BCUT2D eigenvalue weighted by Crippen LogP contribution is 2.18. The molecule has 21 heavy (non-hydrogen) atoms. The van der Waals surface area contributed by atoms with Crippen molar-refractivity contribution in [2.24, 2.45) is 0 Å². The van der Waals surface area contributed by atoms with E-state index in [1.807, 2.05) is 13.8 Å². The molecule has 0 saturated carbocycles. The Bertz CT molecular complexity index is 662. The van der Waals surface area contributed by atoms with Crippen molar-refractivity contribution in [3.8, 4) is 0 Å². The largest absolute Gasteiger partial charge is 0.379 e. The Balaban J connectivity index is 2.13. The van der Waals surface area contributed by atoms with Crippen molar-refractivity contribution in [3.63, 3.8) is 0 Å². The number of rotatable bonds is 5. The Morgan fingerprint density at radius 2 is 1.86 bits per heavy atom. The summed E-state index contributed by atoms with van der Waals surface area (Å²) in [4.78, 5) is 12.1. The number of hydrogen-bond donors (Lipinski definition) is 1. The molecule has 0 amide bonds. The number of hydrogen-bond acceptors (Lipinski definition) is 3. The minimum atomic E-state index is -0.115. The number of nitrogens with one attached hydrogen (secondary N) is 1. The number of aryl methyl sites for hydroxylation is 1. The van der Waals surface area contributed by atoms with Gasteiger partial charge >= 0.3 is 0 Å². The highest BCUT2D eigenvalue weighted by atomic mass is 79.9. The summed E-state index contributed by atoms with van der Waals surface area (Å²) >= 11 is 3.36. The summed E-state index contributed by atoms with van der Waals surface area (Å²) in [5.41, 5.74) is 3.10. The normalized spacial score (nSPS) is 10.9. The van der Waals surface area contributed by atoms with Crippen molar-refractivity contribution in [1.82, 2.24) is 9.78 Å². The van der Waals surface area contributed by atoms with E-state index in [4.69, 9.17) is 0 Å². The summed E-state index contributed by atoms with van der Waals surface area (Å²) in [6.07, 6.45) is 2.72. The molecule has 2 aromatic rings. The van der Waals surface area contributed by atoms with Gasteiger partial charge in [0.15, 0.2) is 0 Å². The monoisotopic (exact) mass is 349 g/mol. The summed E-state index contributed by atoms with van der Waals surface area (Å²) in [5.74, 6) is 0. The molecule has 4 nitrogen and oxygen atoms in total. The van der Waals surface area contributed by atoms with Gasteiger partial charge in [-0.1, -0.05) is 31.2 Å². The van der Waals surface area contributed by atoms with Crippen LogP contribution in [-0.4, -0.2) is 9.78 Å². The summed E-state index contributed by atoms with van der Waals surface area (Å²) in [6.45, 7) is 6.67. The van der Waals surface area contributed by atoms with Gasteiger partial charge in [0.1, 0.15) is 4.47 Å². The predicted molar refractivity (Wildman–Crippen MR) is 89.7 cm³/mol. The van der Waals surface area contributed by atoms with Crippen LogP contribution in [0.25, 0.3) is 0 Å². The minimum absolute atomic E-state index is 0.0458. The first-order valence-electron chi connectivity index (χ1n) is 7.12. The van der Waals surface area contributed by atoms with Gasteiger partial charge in [0.2, 0.25) is 0 Å². The minimum Gasteiger partial charge on any atom is -0.379 e. The Kier molecular flexibility index (Phi) is 5.17. The number of aromatic nitrogens is 2. The zero-order valence-corrected chi connectivity index (χ0v) is 14.1. The molecular formula is C16H20BrN3O. The number of halogens is 1. The fourth-order valence-electron chi connectivity index (χ4n) is 2.03. The number of anilines is 1. The first-order valence-corrected chi connectivity index (χ1v) is 7.91. The second-order valence-corrected chi connectivity index (χ2v) is 6.03. The van der Waals surface area contributed by atoms with Crippen molar-refractivity contribution in [1.29, 1.82) is 0 Å². The second kappa shape index (κ2) is 6.89. The molecule has 0 aliphatic carbocycles. The molecule has 0 spiro atoms. The molecule has 1 aromatic heterocycles. The van der Waals surface area contributed by atoms with E-state index in [1.54, 1.807) is 6.20 Å². The third-order valence-corrected chi connectivity index (χ3v) is 4.11. The molecule has 0 aliphatic rings. The Morgan fingerprint density at radius 1 is 1.24 bits per heavy atom. The lowest BCUT2D eigenvalue weighted by Crippen LogP contribution is -2.26. The van der Waals surface area contributed by atoms with Gasteiger partial charge in [0.05, 0.1) is 17.9 Å². The van der Waals surface area contributed by atoms with Gasteiger partial charge in [0, 0.05) is 6.54 Å². The number of benzene rings is 1. The van der Waals surface area contributed by atoms with E-state index in [1.165, 1.54) is 15.8 Å². The van der Waals surface area contributed by atoms with Crippen LogP contribution in [0.1, 0.15) is 37.9 Å². The Morgan fingerprint density at radius 3 is 2.43 bits per heavy atom. The first-order chi connectivity index (χ1) is 10.0. The fraction of sp³-hybridized carbons (Fsp3) is 0.375. The predicted octanol–water partition coefficient (Wildman–Crippen LogP) is 3.76. The van der Waals surface area contributed by atoms with E-state index in [0.717, 1.165) is 12.1 Å². The van der Waals surface area contributed by atoms with Crippen LogP contribution in [-0.2, 0) is 13.0 Å². The Labute approximate surface area is 133 Å². The van der Waals surface area contributed by atoms with E-state index in [-0.39, 0.29) is 11.6 Å². The van der Waals surface area contributed by atoms with Crippen LogP contribution < -0.4 is 10.9 Å². The molecule has 5 heteroatoms. The lowest BCUT2D eigenvalue weighted by molar-refractivity contribution is 0.501. The maximum absolute atomic E-state index is 12.1. The molecule has 0 saturated heterocycles. The maximum atomic E-state index is 12.1. The van der Waals surface area contributed by atoms with Gasteiger partial charge in [-0.2, -0.15) is 5.10 Å². The smallest absolute Gasteiger partial charge is 0.283 e. The van der Waals surface area contributed by atoms with Crippen molar-refractivity contribution in [3.05, 3.63) is 56.4 Å². The van der Waals surface area contributed by atoms with Crippen LogP contribution in [0.15, 0.2) is 39.7 Å². The lowest BCUT2D eigenvalue weighted by atomic mass is 10.1. The van der Waals surface area contributed by atoms with Crippen LogP contribution >= 0.6 is 15.9 Å². The fourth-order valence-corrected chi connectivity index (χ4v) is 2.45. The van der Waals surface area contributed by atoms with Crippen molar-refractivity contribution >= 4 is 21.6 Å². The third-order valence-electron chi connectivity index (χ3n) is 3.35. The molecule has 0 fully saturated rings. The summed E-state index contributed by atoms with van der Waals surface area (Å²) in [6, 6.07) is 8.50. The van der Waals surface area contributed by atoms with Crippen LogP contribution in [0.4, 0.5) is 5.69 Å². The molecule has 0 aliphatic heterocycles. The topological polar surface area (TPSA) is 46.9 Å².